The van der Waals surface area contributed by atoms with E-state index in [1.54, 1.807) is 0 Å². The molecule has 0 aromatic heterocycles. The minimum absolute atomic E-state index is 0. The second-order valence-electron chi connectivity index (χ2n) is 5.89. The normalized spacial score (nSPS) is 22.5. The van der Waals surface area contributed by atoms with Crippen molar-refractivity contribution in [1.29, 1.82) is 0 Å². The zero-order chi connectivity index (χ0) is 14.8. The molecule has 0 radical (unpaired) electrons. The first-order valence-corrected chi connectivity index (χ1v) is 8.04. The highest BCUT2D eigenvalue weighted by molar-refractivity contribution is 6.31. The number of hydrogen-bond acceptors (Lipinski definition) is 3. The molecule has 0 spiro atoms. The molecule has 2 aliphatic rings. The fraction of sp³-hybridized carbons (Fsp3) is 0.562. The number of nitrogens with one attached hydrogen (secondary N) is 1. The number of carbonyl (C=O) groups is 1. The highest BCUT2D eigenvalue weighted by atomic mass is 35.5. The summed E-state index contributed by atoms with van der Waals surface area (Å²) in [5, 5.41) is 4.04. The van der Waals surface area contributed by atoms with Crippen LogP contribution in [-0.2, 0) is 0 Å². The third kappa shape index (κ3) is 3.57. The number of carbonyl (C=O) groups excluding carboxylic acids is 1. The van der Waals surface area contributed by atoms with Crippen molar-refractivity contribution >= 4 is 29.9 Å². The second-order valence-corrected chi connectivity index (χ2v) is 6.30. The quantitative estimate of drug-likeness (QED) is 0.893. The minimum Gasteiger partial charge on any atom is -0.337 e. The van der Waals surface area contributed by atoms with E-state index < -0.39 is 0 Å². The summed E-state index contributed by atoms with van der Waals surface area (Å²) in [5.74, 6) is 0.118. The maximum absolute atomic E-state index is 12.7. The Morgan fingerprint density at radius 1 is 1.27 bits per heavy atom. The average Bonchev–Trinajstić information content (AvgIpc) is 3.00. The minimum atomic E-state index is 0. The molecule has 2 aliphatic heterocycles. The molecule has 122 valence electrons. The monoisotopic (exact) mass is 343 g/mol. The maximum atomic E-state index is 12.7. The number of halogens is 2. The second kappa shape index (κ2) is 7.64. The smallest absolute Gasteiger partial charge is 0.254 e. The number of benzene rings is 1. The van der Waals surface area contributed by atoms with Crippen molar-refractivity contribution in [3.8, 4) is 0 Å². The molecule has 0 bridgehead atoms. The first kappa shape index (κ1) is 17.5. The molecule has 2 saturated heterocycles. The lowest BCUT2D eigenvalue weighted by Gasteiger charge is -2.32. The van der Waals surface area contributed by atoms with Crippen LogP contribution < -0.4 is 5.32 Å². The van der Waals surface area contributed by atoms with Crippen LogP contribution in [0.1, 0.15) is 22.3 Å². The number of likely N-dealkylation sites (tertiary alicyclic amines) is 1. The van der Waals surface area contributed by atoms with Crippen molar-refractivity contribution in [2.45, 2.75) is 19.4 Å². The van der Waals surface area contributed by atoms with Gasteiger partial charge in [0.05, 0.1) is 0 Å². The van der Waals surface area contributed by atoms with Gasteiger partial charge in [-0.1, -0.05) is 17.7 Å². The Morgan fingerprint density at radius 2 is 2.00 bits per heavy atom. The molecule has 1 atom stereocenters. The third-order valence-corrected chi connectivity index (χ3v) is 5.03. The summed E-state index contributed by atoms with van der Waals surface area (Å²) in [6, 6.07) is 6.07. The largest absolute Gasteiger partial charge is 0.337 e. The van der Waals surface area contributed by atoms with Crippen molar-refractivity contribution in [2.75, 3.05) is 39.3 Å². The molecule has 1 unspecified atom stereocenters. The van der Waals surface area contributed by atoms with Gasteiger partial charge in [-0.2, -0.15) is 0 Å². The van der Waals surface area contributed by atoms with Crippen LogP contribution in [0.2, 0.25) is 5.02 Å². The SMILES string of the molecule is Cc1c(Cl)cccc1C(=O)N1CCC(N2CCNCC2)C1.Cl. The summed E-state index contributed by atoms with van der Waals surface area (Å²) in [6.07, 6.45) is 1.07. The molecular weight excluding hydrogens is 321 g/mol. The summed E-state index contributed by atoms with van der Waals surface area (Å²) in [5.41, 5.74) is 1.62. The lowest BCUT2D eigenvalue weighted by Crippen LogP contribution is -2.49. The number of amides is 1. The van der Waals surface area contributed by atoms with Crippen molar-refractivity contribution in [3.63, 3.8) is 0 Å². The van der Waals surface area contributed by atoms with E-state index in [0.717, 1.165) is 56.8 Å². The third-order valence-electron chi connectivity index (χ3n) is 4.62. The van der Waals surface area contributed by atoms with E-state index in [1.165, 1.54) is 0 Å². The van der Waals surface area contributed by atoms with Gasteiger partial charge in [-0.15, -0.1) is 12.4 Å². The van der Waals surface area contributed by atoms with Gasteiger partial charge in [0.15, 0.2) is 0 Å². The molecule has 2 heterocycles. The van der Waals surface area contributed by atoms with E-state index in [2.05, 4.69) is 10.2 Å². The first-order valence-electron chi connectivity index (χ1n) is 7.66. The molecule has 6 heteroatoms. The number of rotatable bonds is 2. The van der Waals surface area contributed by atoms with Gasteiger partial charge in [0.25, 0.3) is 5.91 Å². The van der Waals surface area contributed by atoms with E-state index in [-0.39, 0.29) is 18.3 Å². The Balaban J connectivity index is 0.00000176. The van der Waals surface area contributed by atoms with E-state index >= 15 is 0 Å². The van der Waals surface area contributed by atoms with Crippen molar-refractivity contribution in [2.24, 2.45) is 0 Å². The van der Waals surface area contributed by atoms with E-state index in [1.807, 2.05) is 30.0 Å². The molecule has 1 aromatic carbocycles. The first-order chi connectivity index (χ1) is 10.2. The van der Waals surface area contributed by atoms with Gasteiger partial charge in [-0.05, 0) is 31.0 Å². The van der Waals surface area contributed by atoms with Gasteiger partial charge < -0.3 is 10.2 Å². The molecule has 1 amide bonds. The molecule has 0 saturated carbocycles. The van der Waals surface area contributed by atoms with Gasteiger partial charge in [-0.25, -0.2) is 0 Å². The van der Waals surface area contributed by atoms with E-state index in [0.29, 0.717) is 11.1 Å². The van der Waals surface area contributed by atoms with Gasteiger partial charge >= 0.3 is 0 Å². The van der Waals surface area contributed by atoms with E-state index in [4.69, 9.17) is 11.6 Å². The zero-order valence-electron chi connectivity index (χ0n) is 12.8. The molecule has 4 nitrogen and oxygen atoms in total. The van der Waals surface area contributed by atoms with Crippen LogP contribution in [0.4, 0.5) is 0 Å². The molecule has 1 N–H and O–H groups in total. The highest BCUT2D eigenvalue weighted by Crippen LogP contribution is 2.23. The predicted octanol–water partition coefficient (Wildman–Crippen LogP) is 2.19. The fourth-order valence-corrected chi connectivity index (χ4v) is 3.46. The summed E-state index contributed by atoms with van der Waals surface area (Å²) >= 11 is 6.13. The van der Waals surface area contributed by atoms with Crippen molar-refractivity contribution in [3.05, 3.63) is 34.3 Å². The van der Waals surface area contributed by atoms with Crippen molar-refractivity contribution < 1.29 is 4.79 Å². The van der Waals surface area contributed by atoms with Gasteiger partial charge in [0.2, 0.25) is 0 Å². The zero-order valence-corrected chi connectivity index (χ0v) is 14.4. The Kier molecular flexibility index (Phi) is 6.09. The van der Waals surface area contributed by atoms with E-state index in [9.17, 15) is 4.79 Å². The number of nitrogens with zero attached hydrogens (tertiary/aromatic N) is 2. The Bertz CT molecular complexity index is 532. The summed E-state index contributed by atoms with van der Waals surface area (Å²) in [6.45, 7) is 7.88. The number of piperazine rings is 1. The molecule has 3 rings (SSSR count). The lowest BCUT2D eigenvalue weighted by molar-refractivity contribution is 0.0773. The van der Waals surface area contributed by atoms with Crippen LogP contribution in [0, 0.1) is 6.92 Å². The van der Waals surface area contributed by atoms with Crippen LogP contribution in [-0.4, -0.2) is 61.0 Å². The van der Waals surface area contributed by atoms with Gasteiger partial charge in [-0.3, -0.25) is 9.69 Å². The topological polar surface area (TPSA) is 35.6 Å². The lowest BCUT2D eigenvalue weighted by atomic mass is 10.1. The van der Waals surface area contributed by atoms with Crippen LogP contribution in [0.5, 0.6) is 0 Å². The molecule has 1 aromatic rings. The van der Waals surface area contributed by atoms with Crippen molar-refractivity contribution in [1.82, 2.24) is 15.1 Å². The average molecular weight is 344 g/mol. The Hall–Kier alpha value is -0.810. The van der Waals surface area contributed by atoms with Crippen LogP contribution in [0.15, 0.2) is 18.2 Å². The van der Waals surface area contributed by atoms with Crippen LogP contribution in [0.3, 0.4) is 0 Å². The standard InChI is InChI=1S/C16H22ClN3O.ClH/c1-12-14(3-2-4-15(12)17)16(21)20-8-5-13(11-20)19-9-6-18-7-10-19;/h2-4,13,18H,5-11H2,1H3;1H. The molecule has 0 aliphatic carbocycles. The molecular formula is C16H23Cl2N3O. The summed E-state index contributed by atoms with van der Waals surface area (Å²) < 4.78 is 0. The van der Waals surface area contributed by atoms with Gasteiger partial charge in [0, 0.05) is 55.9 Å². The fourth-order valence-electron chi connectivity index (χ4n) is 3.28. The van der Waals surface area contributed by atoms with Crippen LogP contribution >= 0.6 is 24.0 Å². The summed E-state index contributed by atoms with van der Waals surface area (Å²) in [7, 11) is 0. The molecule has 22 heavy (non-hydrogen) atoms. The van der Waals surface area contributed by atoms with Gasteiger partial charge in [0.1, 0.15) is 0 Å². The molecule has 2 fully saturated rings. The number of hydrogen-bond donors (Lipinski definition) is 1. The summed E-state index contributed by atoms with van der Waals surface area (Å²) in [4.78, 5) is 17.2. The highest BCUT2D eigenvalue weighted by Gasteiger charge is 2.31. The predicted molar refractivity (Wildman–Crippen MR) is 92.2 cm³/mol. The Morgan fingerprint density at radius 3 is 2.73 bits per heavy atom. The Labute approximate surface area is 143 Å². The van der Waals surface area contributed by atoms with Crippen LogP contribution in [0.25, 0.3) is 0 Å². The maximum Gasteiger partial charge on any atom is 0.254 e.